The minimum Gasteiger partial charge on any atom is -0.355 e. The normalized spacial score (nSPS) is 10.9. The molecule has 0 bridgehead atoms. The van der Waals surface area contributed by atoms with Crippen LogP contribution in [-0.2, 0) is 6.54 Å². The Balaban J connectivity index is 1.56. The van der Waals surface area contributed by atoms with E-state index in [1.165, 1.54) is 11.3 Å². The van der Waals surface area contributed by atoms with Gasteiger partial charge < -0.3 is 10.2 Å². The zero-order chi connectivity index (χ0) is 21.3. The summed E-state index contributed by atoms with van der Waals surface area (Å²) in [7, 11) is 3.39. The second-order valence-electron chi connectivity index (χ2n) is 7.10. The fraction of sp³-hybridized carbons (Fsp3) is 0.174. The van der Waals surface area contributed by atoms with Crippen molar-refractivity contribution in [2.75, 3.05) is 14.1 Å². The third-order valence-corrected chi connectivity index (χ3v) is 6.06. The van der Waals surface area contributed by atoms with Crippen molar-refractivity contribution in [3.63, 3.8) is 0 Å². The third kappa shape index (κ3) is 3.71. The van der Waals surface area contributed by atoms with Crippen LogP contribution in [-0.4, -0.2) is 40.6 Å². The maximum atomic E-state index is 13.0. The molecule has 0 fully saturated rings. The maximum absolute atomic E-state index is 13.0. The number of carbonyl (C=O) groups is 2. The number of nitrogens with one attached hydrogen (secondary N) is 1. The molecule has 4 aromatic rings. The summed E-state index contributed by atoms with van der Waals surface area (Å²) in [5, 5.41) is 8.23. The highest BCUT2D eigenvalue weighted by molar-refractivity contribution is 7.20. The number of carbonyl (C=O) groups excluding carboxylic acids is 2. The summed E-state index contributed by atoms with van der Waals surface area (Å²) >= 11 is 1.45. The van der Waals surface area contributed by atoms with E-state index in [2.05, 4.69) is 10.4 Å². The Morgan fingerprint density at radius 3 is 2.47 bits per heavy atom. The van der Waals surface area contributed by atoms with Gasteiger partial charge in [-0.15, -0.1) is 11.3 Å². The molecule has 30 heavy (non-hydrogen) atoms. The number of aryl methyl sites for hydroxylation is 1. The highest BCUT2D eigenvalue weighted by atomic mass is 32.1. The lowest BCUT2D eigenvalue weighted by molar-refractivity contribution is 0.0789. The topological polar surface area (TPSA) is 67.2 Å². The first kappa shape index (κ1) is 19.8. The van der Waals surface area contributed by atoms with Crippen molar-refractivity contribution in [1.82, 2.24) is 20.0 Å². The van der Waals surface area contributed by atoms with E-state index < -0.39 is 0 Å². The number of amides is 2. The average Bonchev–Trinajstić information content (AvgIpc) is 3.34. The molecule has 0 aliphatic heterocycles. The predicted octanol–water partition coefficient (Wildman–Crippen LogP) is 4.03. The molecule has 2 amide bonds. The fourth-order valence-corrected chi connectivity index (χ4v) is 4.51. The van der Waals surface area contributed by atoms with Gasteiger partial charge in [-0.05, 0) is 42.8 Å². The molecule has 0 aliphatic carbocycles. The van der Waals surface area contributed by atoms with Gasteiger partial charge in [0.2, 0.25) is 0 Å². The van der Waals surface area contributed by atoms with E-state index in [0.717, 1.165) is 27.2 Å². The number of thiophene rings is 1. The molecule has 0 spiro atoms. The van der Waals surface area contributed by atoms with Crippen LogP contribution in [0.2, 0.25) is 0 Å². The molecule has 4 rings (SSSR count). The van der Waals surface area contributed by atoms with Crippen LogP contribution in [0, 0.1) is 6.92 Å². The molecule has 152 valence electrons. The Kier molecular flexibility index (Phi) is 5.37. The number of nitrogens with zero attached hydrogens (tertiary/aromatic N) is 3. The second-order valence-corrected chi connectivity index (χ2v) is 8.13. The standard InChI is InChI=1S/C23H22N4O2S/c1-15-19-13-20(30-23(19)27(25-15)18-7-5-4-6-8-18)22(29)26(3)14-16-9-11-17(12-10-16)21(28)24-2/h4-13H,14H2,1-3H3,(H,24,28). The van der Waals surface area contributed by atoms with Crippen LogP contribution in [0.1, 0.15) is 31.3 Å². The first-order valence-corrected chi connectivity index (χ1v) is 10.4. The molecule has 2 heterocycles. The van der Waals surface area contributed by atoms with Crippen molar-refractivity contribution < 1.29 is 9.59 Å². The van der Waals surface area contributed by atoms with Crippen LogP contribution in [0.15, 0.2) is 60.7 Å². The van der Waals surface area contributed by atoms with Gasteiger partial charge in [0, 0.05) is 31.6 Å². The van der Waals surface area contributed by atoms with E-state index in [-0.39, 0.29) is 11.8 Å². The van der Waals surface area contributed by atoms with Crippen LogP contribution in [0.4, 0.5) is 0 Å². The van der Waals surface area contributed by atoms with Crippen molar-refractivity contribution in [3.05, 3.63) is 82.4 Å². The van der Waals surface area contributed by atoms with E-state index in [1.807, 2.05) is 60.1 Å². The average molecular weight is 419 g/mol. The van der Waals surface area contributed by atoms with Gasteiger partial charge in [-0.1, -0.05) is 30.3 Å². The summed E-state index contributed by atoms with van der Waals surface area (Å²) in [4.78, 5) is 28.0. The molecule has 1 N–H and O–H groups in total. The number of hydrogen-bond donors (Lipinski definition) is 1. The molecule has 0 aliphatic rings. The quantitative estimate of drug-likeness (QED) is 0.532. The van der Waals surface area contributed by atoms with Crippen molar-refractivity contribution in [3.8, 4) is 5.69 Å². The summed E-state index contributed by atoms with van der Waals surface area (Å²) in [5.41, 5.74) is 3.43. The Bertz CT molecular complexity index is 1210. The van der Waals surface area contributed by atoms with Gasteiger partial charge in [0.1, 0.15) is 4.83 Å². The van der Waals surface area contributed by atoms with Gasteiger partial charge in [0.05, 0.1) is 16.3 Å². The largest absolute Gasteiger partial charge is 0.355 e. The maximum Gasteiger partial charge on any atom is 0.264 e. The Morgan fingerprint density at radius 1 is 1.10 bits per heavy atom. The molecule has 0 unspecified atom stereocenters. The zero-order valence-corrected chi connectivity index (χ0v) is 17.9. The Labute approximate surface area is 178 Å². The number of rotatable bonds is 5. The molecule has 6 nitrogen and oxygen atoms in total. The van der Waals surface area contributed by atoms with Crippen molar-refractivity contribution in [2.45, 2.75) is 13.5 Å². The summed E-state index contributed by atoms with van der Waals surface area (Å²) in [6.07, 6.45) is 0. The van der Waals surface area contributed by atoms with Gasteiger partial charge in [-0.2, -0.15) is 5.10 Å². The third-order valence-electron chi connectivity index (χ3n) is 4.97. The lowest BCUT2D eigenvalue weighted by atomic mass is 10.1. The molecule has 0 atom stereocenters. The van der Waals surface area contributed by atoms with E-state index in [1.54, 1.807) is 31.1 Å². The first-order valence-electron chi connectivity index (χ1n) is 9.59. The fourth-order valence-electron chi connectivity index (χ4n) is 3.34. The van der Waals surface area contributed by atoms with Crippen LogP contribution >= 0.6 is 11.3 Å². The lowest BCUT2D eigenvalue weighted by Gasteiger charge is -2.16. The number of para-hydroxylation sites is 1. The smallest absolute Gasteiger partial charge is 0.264 e. The van der Waals surface area contributed by atoms with Gasteiger partial charge in [0.15, 0.2) is 0 Å². The second kappa shape index (κ2) is 8.12. The molecule has 0 radical (unpaired) electrons. The van der Waals surface area contributed by atoms with Crippen LogP contribution < -0.4 is 5.32 Å². The molecule has 0 saturated heterocycles. The summed E-state index contributed by atoms with van der Waals surface area (Å²) in [6, 6.07) is 19.1. The highest BCUT2D eigenvalue weighted by Crippen LogP contribution is 2.31. The SMILES string of the molecule is CNC(=O)c1ccc(CN(C)C(=O)c2cc3c(C)nn(-c4ccccc4)c3s2)cc1. The minimum atomic E-state index is -0.126. The van der Waals surface area contributed by atoms with E-state index in [4.69, 9.17) is 0 Å². The number of benzene rings is 2. The number of hydrogen-bond acceptors (Lipinski definition) is 4. The van der Waals surface area contributed by atoms with E-state index >= 15 is 0 Å². The zero-order valence-electron chi connectivity index (χ0n) is 17.0. The molecule has 2 aromatic heterocycles. The molecular formula is C23H22N4O2S. The van der Waals surface area contributed by atoms with Crippen molar-refractivity contribution in [2.24, 2.45) is 0 Å². The Morgan fingerprint density at radius 2 is 1.80 bits per heavy atom. The lowest BCUT2D eigenvalue weighted by Crippen LogP contribution is -2.25. The summed E-state index contributed by atoms with van der Waals surface area (Å²) in [5.74, 6) is -0.162. The summed E-state index contributed by atoms with van der Waals surface area (Å²) in [6.45, 7) is 2.42. The first-order chi connectivity index (χ1) is 14.5. The van der Waals surface area contributed by atoms with E-state index in [9.17, 15) is 9.59 Å². The predicted molar refractivity (Wildman–Crippen MR) is 119 cm³/mol. The monoisotopic (exact) mass is 418 g/mol. The molecule has 2 aromatic carbocycles. The summed E-state index contributed by atoms with van der Waals surface area (Å²) < 4.78 is 1.89. The molecule has 0 saturated carbocycles. The van der Waals surface area contributed by atoms with Gasteiger partial charge in [-0.3, -0.25) is 9.59 Å². The minimum absolute atomic E-state index is 0.0365. The van der Waals surface area contributed by atoms with Crippen molar-refractivity contribution in [1.29, 1.82) is 0 Å². The van der Waals surface area contributed by atoms with E-state index in [0.29, 0.717) is 17.0 Å². The molecular weight excluding hydrogens is 396 g/mol. The van der Waals surface area contributed by atoms with Crippen LogP contribution in [0.3, 0.4) is 0 Å². The van der Waals surface area contributed by atoms with Crippen LogP contribution in [0.25, 0.3) is 15.9 Å². The van der Waals surface area contributed by atoms with Crippen LogP contribution in [0.5, 0.6) is 0 Å². The van der Waals surface area contributed by atoms with Crippen molar-refractivity contribution >= 4 is 33.4 Å². The van der Waals surface area contributed by atoms with Gasteiger partial charge >= 0.3 is 0 Å². The molecule has 7 heteroatoms. The van der Waals surface area contributed by atoms with Gasteiger partial charge in [-0.25, -0.2) is 4.68 Å². The number of aromatic nitrogens is 2. The Hall–Kier alpha value is -3.45. The number of fused-ring (bicyclic) bond motifs is 1. The highest BCUT2D eigenvalue weighted by Gasteiger charge is 2.20. The van der Waals surface area contributed by atoms with Gasteiger partial charge in [0.25, 0.3) is 11.8 Å².